The minimum absolute atomic E-state index is 0.0116. The molecule has 0 bridgehead atoms. The number of ketones is 3. The largest absolute Gasteiger partial charge is 0.451 e. The Hall–Kier alpha value is -3.76. The van der Waals surface area contributed by atoms with Gasteiger partial charge in [-0.2, -0.15) is 0 Å². The standard InChI is InChI=1S/C25H13ClO4/c26-18-13-7-6-12-17(18)24-19-20(23(29)16-11-5-4-10-15(16)22(19)28)25(30-24)21(27)14-8-2-1-3-9-14/h1-13H. The van der Waals surface area contributed by atoms with Gasteiger partial charge in [0.05, 0.1) is 16.1 Å². The van der Waals surface area contributed by atoms with Crippen LogP contribution in [0.3, 0.4) is 0 Å². The third-order valence-electron chi connectivity index (χ3n) is 5.14. The minimum Gasteiger partial charge on any atom is -0.451 e. The van der Waals surface area contributed by atoms with Gasteiger partial charge in [-0.15, -0.1) is 0 Å². The monoisotopic (exact) mass is 412 g/mol. The normalized spacial score (nSPS) is 12.4. The molecule has 4 aromatic rings. The lowest BCUT2D eigenvalue weighted by molar-refractivity contribution is 0.0968. The molecule has 0 radical (unpaired) electrons. The summed E-state index contributed by atoms with van der Waals surface area (Å²) in [6, 6.07) is 21.9. The second-order valence-corrected chi connectivity index (χ2v) is 7.30. The molecule has 4 nitrogen and oxygen atoms in total. The molecule has 1 aliphatic carbocycles. The zero-order valence-electron chi connectivity index (χ0n) is 15.5. The number of carbonyl (C=O) groups excluding carboxylic acids is 3. The molecule has 0 saturated carbocycles. The summed E-state index contributed by atoms with van der Waals surface area (Å²) in [5.74, 6) is -1.28. The number of halogens is 1. The van der Waals surface area contributed by atoms with Crippen LogP contribution in [0.15, 0.2) is 83.3 Å². The molecule has 0 aliphatic heterocycles. The van der Waals surface area contributed by atoms with Crippen LogP contribution in [0.2, 0.25) is 5.02 Å². The Bertz CT molecular complexity index is 1350. The number of rotatable bonds is 3. The van der Waals surface area contributed by atoms with Gasteiger partial charge in [0.25, 0.3) is 0 Å². The van der Waals surface area contributed by atoms with E-state index in [0.717, 1.165) is 0 Å². The molecule has 0 fully saturated rings. The molecule has 5 rings (SSSR count). The number of hydrogen-bond acceptors (Lipinski definition) is 4. The van der Waals surface area contributed by atoms with Gasteiger partial charge in [0.1, 0.15) is 5.76 Å². The number of hydrogen-bond donors (Lipinski definition) is 0. The lowest BCUT2D eigenvalue weighted by atomic mass is 9.82. The molecule has 5 heteroatoms. The van der Waals surface area contributed by atoms with E-state index in [4.69, 9.17) is 16.0 Å². The maximum Gasteiger partial charge on any atom is 0.229 e. The van der Waals surface area contributed by atoms with E-state index < -0.39 is 11.6 Å². The Kier molecular flexibility index (Phi) is 4.23. The highest BCUT2D eigenvalue weighted by atomic mass is 35.5. The number of fused-ring (bicyclic) bond motifs is 2. The van der Waals surface area contributed by atoms with Crippen LogP contribution in [0, 0.1) is 0 Å². The quantitative estimate of drug-likeness (QED) is 0.361. The van der Waals surface area contributed by atoms with E-state index in [1.54, 1.807) is 78.9 Å². The maximum atomic E-state index is 13.4. The highest BCUT2D eigenvalue weighted by Crippen LogP contribution is 2.41. The summed E-state index contributed by atoms with van der Waals surface area (Å²) in [7, 11) is 0. The summed E-state index contributed by atoms with van der Waals surface area (Å²) < 4.78 is 5.95. The van der Waals surface area contributed by atoms with Crippen molar-refractivity contribution in [2.45, 2.75) is 0 Å². The van der Waals surface area contributed by atoms with Crippen LogP contribution in [0.4, 0.5) is 0 Å². The summed E-state index contributed by atoms with van der Waals surface area (Å²) in [6.07, 6.45) is 0. The summed E-state index contributed by atoms with van der Waals surface area (Å²) in [6.45, 7) is 0. The van der Waals surface area contributed by atoms with E-state index in [9.17, 15) is 14.4 Å². The van der Waals surface area contributed by atoms with E-state index in [2.05, 4.69) is 0 Å². The van der Waals surface area contributed by atoms with Crippen LogP contribution in [0.1, 0.15) is 48.0 Å². The van der Waals surface area contributed by atoms with Crippen molar-refractivity contribution < 1.29 is 18.8 Å². The van der Waals surface area contributed by atoms with Crippen molar-refractivity contribution in [1.29, 1.82) is 0 Å². The molecule has 0 amide bonds. The van der Waals surface area contributed by atoms with Gasteiger partial charge in [-0.1, -0.05) is 78.3 Å². The first-order valence-corrected chi connectivity index (χ1v) is 9.65. The third kappa shape index (κ3) is 2.65. The average molecular weight is 413 g/mol. The first-order valence-electron chi connectivity index (χ1n) is 9.27. The van der Waals surface area contributed by atoms with Crippen LogP contribution in [-0.2, 0) is 0 Å². The second-order valence-electron chi connectivity index (χ2n) is 6.89. The minimum atomic E-state index is -0.467. The van der Waals surface area contributed by atoms with Gasteiger partial charge in [0.15, 0.2) is 17.3 Å². The second kappa shape index (κ2) is 6.94. The van der Waals surface area contributed by atoms with Crippen molar-refractivity contribution >= 4 is 29.0 Å². The molecule has 0 unspecified atom stereocenters. The van der Waals surface area contributed by atoms with Crippen LogP contribution in [-0.4, -0.2) is 17.3 Å². The van der Waals surface area contributed by atoms with E-state index >= 15 is 0 Å². The van der Waals surface area contributed by atoms with Crippen LogP contribution in [0.25, 0.3) is 11.3 Å². The fourth-order valence-electron chi connectivity index (χ4n) is 3.73. The SMILES string of the molecule is O=C(c1ccccc1)c1oc(-c2ccccc2Cl)c2c1C(=O)c1ccccc1C2=O. The van der Waals surface area contributed by atoms with Crippen molar-refractivity contribution in [3.8, 4) is 11.3 Å². The summed E-state index contributed by atoms with van der Waals surface area (Å²) in [4.78, 5) is 39.9. The van der Waals surface area contributed by atoms with E-state index in [1.165, 1.54) is 0 Å². The number of furan rings is 1. The zero-order chi connectivity index (χ0) is 20.8. The maximum absolute atomic E-state index is 13.4. The highest BCUT2D eigenvalue weighted by Gasteiger charge is 2.40. The molecule has 1 aliphatic rings. The predicted octanol–water partition coefficient (Wildman–Crippen LogP) is 5.61. The molecule has 0 N–H and O–H groups in total. The van der Waals surface area contributed by atoms with Crippen LogP contribution in [0.5, 0.6) is 0 Å². The average Bonchev–Trinajstić information content (AvgIpc) is 3.19. The van der Waals surface area contributed by atoms with Crippen molar-refractivity contribution in [3.05, 3.63) is 117 Å². The lowest BCUT2D eigenvalue weighted by Gasteiger charge is -2.15. The van der Waals surface area contributed by atoms with Gasteiger partial charge in [-0.05, 0) is 12.1 Å². The van der Waals surface area contributed by atoms with E-state index in [0.29, 0.717) is 16.1 Å². The fraction of sp³-hybridized carbons (Fsp3) is 0. The molecular weight excluding hydrogens is 400 g/mol. The smallest absolute Gasteiger partial charge is 0.229 e. The number of carbonyl (C=O) groups is 3. The summed E-state index contributed by atoms with van der Waals surface area (Å²) in [5, 5.41) is 0.354. The topological polar surface area (TPSA) is 64.3 Å². The molecule has 30 heavy (non-hydrogen) atoms. The first kappa shape index (κ1) is 18.3. The third-order valence-corrected chi connectivity index (χ3v) is 5.47. The molecule has 3 aromatic carbocycles. The molecule has 1 heterocycles. The number of benzene rings is 3. The van der Waals surface area contributed by atoms with Gasteiger partial charge in [0.2, 0.25) is 5.78 Å². The summed E-state index contributed by atoms with van der Waals surface area (Å²) >= 11 is 6.35. The summed E-state index contributed by atoms with van der Waals surface area (Å²) in [5.41, 5.74) is 1.40. The van der Waals surface area contributed by atoms with Crippen molar-refractivity contribution in [2.24, 2.45) is 0 Å². The van der Waals surface area contributed by atoms with Crippen LogP contribution >= 0.6 is 11.6 Å². The van der Waals surface area contributed by atoms with Gasteiger partial charge in [0, 0.05) is 22.3 Å². The van der Waals surface area contributed by atoms with E-state index in [-0.39, 0.29) is 39.6 Å². The van der Waals surface area contributed by atoms with Gasteiger partial charge in [-0.3, -0.25) is 14.4 Å². The Morgan fingerprint density at radius 3 is 1.83 bits per heavy atom. The predicted molar refractivity (Wildman–Crippen MR) is 112 cm³/mol. The van der Waals surface area contributed by atoms with Crippen molar-refractivity contribution in [3.63, 3.8) is 0 Å². The fourth-order valence-corrected chi connectivity index (χ4v) is 3.95. The molecular formula is C25H13ClO4. The highest BCUT2D eigenvalue weighted by molar-refractivity contribution is 6.36. The molecule has 144 valence electrons. The molecule has 1 aromatic heterocycles. The molecule has 0 saturated heterocycles. The lowest BCUT2D eigenvalue weighted by Crippen LogP contribution is -2.22. The van der Waals surface area contributed by atoms with E-state index in [1.807, 2.05) is 0 Å². The van der Waals surface area contributed by atoms with Crippen molar-refractivity contribution in [1.82, 2.24) is 0 Å². The molecule has 0 atom stereocenters. The van der Waals surface area contributed by atoms with Gasteiger partial charge in [-0.25, -0.2) is 0 Å². The van der Waals surface area contributed by atoms with Crippen molar-refractivity contribution in [2.75, 3.05) is 0 Å². The van der Waals surface area contributed by atoms with Gasteiger partial charge < -0.3 is 4.42 Å². The first-order chi connectivity index (χ1) is 14.6. The van der Waals surface area contributed by atoms with Crippen LogP contribution < -0.4 is 0 Å². The Balaban J connectivity index is 1.82. The van der Waals surface area contributed by atoms with Gasteiger partial charge >= 0.3 is 0 Å². The Labute approximate surface area is 176 Å². The molecule has 0 spiro atoms. The zero-order valence-corrected chi connectivity index (χ0v) is 16.3. The Morgan fingerprint density at radius 2 is 1.20 bits per heavy atom. The Morgan fingerprint density at radius 1 is 0.667 bits per heavy atom.